The Morgan fingerprint density at radius 1 is 0.796 bits per heavy atom. The van der Waals surface area contributed by atoms with Crippen LogP contribution in [0.3, 0.4) is 0 Å². The molecule has 262 valence electrons. The molecule has 2 fully saturated rings. The Morgan fingerprint density at radius 2 is 1.43 bits per heavy atom. The van der Waals surface area contributed by atoms with Crippen molar-refractivity contribution in [2.45, 2.75) is 70.6 Å². The molecule has 5 atom stereocenters. The molecule has 1 unspecified atom stereocenters. The fraction of sp³-hybridized carbons (Fsp3) is 0.513. The molecular weight excluding hydrogens is 620 g/mol. The molecule has 1 N–H and O–H groups in total. The summed E-state index contributed by atoms with van der Waals surface area (Å²) in [6.07, 6.45) is 10.2. The first kappa shape index (κ1) is 34.7. The Hall–Kier alpha value is -4.15. The molecule has 4 heterocycles. The zero-order valence-corrected chi connectivity index (χ0v) is 29.2. The van der Waals surface area contributed by atoms with Crippen LogP contribution >= 0.6 is 0 Å². The van der Waals surface area contributed by atoms with Gasteiger partial charge in [-0.2, -0.15) is 0 Å². The average Bonchev–Trinajstić information content (AvgIpc) is 3.40. The van der Waals surface area contributed by atoms with Crippen molar-refractivity contribution in [3.63, 3.8) is 0 Å². The fourth-order valence-electron chi connectivity index (χ4n) is 8.36. The van der Waals surface area contributed by atoms with Crippen LogP contribution in [0.15, 0.2) is 72.8 Å². The number of unbranched alkanes of at least 4 members (excludes halogenated alkanes) is 2. The van der Waals surface area contributed by atoms with E-state index >= 15 is 0 Å². The van der Waals surface area contributed by atoms with Crippen molar-refractivity contribution in [1.29, 1.82) is 0 Å². The van der Waals surface area contributed by atoms with Gasteiger partial charge in [0.05, 0.1) is 24.0 Å². The van der Waals surface area contributed by atoms with Gasteiger partial charge in [0.15, 0.2) is 0 Å². The summed E-state index contributed by atoms with van der Waals surface area (Å²) in [6.45, 7) is 11.5. The number of aliphatic hydroxyl groups is 1. The molecule has 0 aliphatic carbocycles. The highest BCUT2D eigenvalue weighted by atomic mass is 16.5. The van der Waals surface area contributed by atoms with E-state index < -0.39 is 29.1 Å². The van der Waals surface area contributed by atoms with Gasteiger partial charge in [-0.15, -0.1) is 0 Å². The molecule has 0 radical (unpaired) electrons. The topological polar surface area (TPSA) is 103 Å². The fourth-order valence-corrected chi connectivity index (χ4v) is 8.36. The molecule has 2 saturated heterocycles. The van der Waals surface area contributed by atoms with Gasteiger partial charge in [0.25, 0.3) is 5.91 Å². The molecule has 0 aromatic heterocycles. The number of benzene rings is 2. The second kappa shape index (κ2) is 14.4. The summed E-state index contributed by atoms with van der Waals surface area (Å²) in [6, 6.07) is 14.5. The number of likely N-dealkylation sites (tertiary alicyclic amines) is 1. The number of carbonyl (C=O) groups is 3. The number of anilines is 3. The maximum absolute atomic E-state index is 14.9. The summed E-state index contributed by atoms with van der Waals surface area (Å²) < 4.78 is 12.8. The smallest absolute Gasteiger partial charge is 0.253 e. The van der Waals surface area contributed by atoms with Gasteiger partial charge >= 0.3 is 0 Å². The number of aliphatic hydroxyl groups excluding tert-OH is 1. The van der Waals surface area contributed by atoms with Crippen molar-refractivity contribution in [1.82, 2.24) is 4.90 Å². The predicted octanol–water partition coefficient (Wildman–Crippen LogP) is 4.96. The number of carbonyl (C=O) groups excluding carboxylic acids is 3. The minimum Gasteiger partial charge on any atom is -0.494 e. The third kappa shape index (κ3) is 5.93. The van der Waals surface area contributed by atoms with E-state index in [4.69, 9.17) is 9.47 Å². The van der Waals surface area contributed by atoms with E-state index in [0.29, 0.717) is 57.6 Å². The van der Waals surface area contributed by atoms with Gasteiger partial charge < -0.3 is 34.2 Å². The molecule has 2 aromatic rings. The van der Waals surface area contributed by atoms with E-state index in [-0.39, 0.29) is 24.3 Å². The molecule has 10 heteroatoms. The number of ether oxygens (including phenoxy) is 2. The second-order valence-electron chi connectivity index (χ2n) is 13.3. The van der Waals surface area contributed by atoms with Crippen molar-refractivity contribution >= 4 is 34.8 Å². The minimum absolute atomic E-state index is 0.0648. The summed E-state index contributed by atoms with van der Waals surface area (Å²) in [5, 5.41) is 9.43. The summed E-state index contributed by atoms with van der Waals surface area (Å²) in [5.41, 5.74) is 0.138. The van der Waals surface area contributed by atoms with Gasteiger partial charge in [-0.3, -0.25) is 14.4 Å². The van der Waals surface area contributed by atoms with Gasteiger partial charge in [-0.25, -0.2) is 0 Å². The van der Waals surface area contributed by atoms with Crippen molar-refractivity contribution in [3.8, 4) is 5.75 Å². The van der Waals surface area contributed by atoms with E-state index in [9.17, 15) is 19.5 Å². The Balaban J connectivity index is 1.40. The van der Waals surface area contributed by atoms with Crippen molar-refractivity contribution in [3.05, 3.63) is 72.8 Å². The Labute approximate surface area is 289 Å². The highest BCUT2D eigenvalue weighted by molar-refractivity contribution is 6.07. The summed E-state index contributed by atoms with van der Waals surface area (Å²) >= 11 is 0. The first-order valence-electron chi connectivity index (χ1n) is 18.0. The van der Waals surface area contributed by atoms with Crippen LogP contribution in [-0.2, 0) is 19.1 Å². The van der Waals surface area contributed by atoms with Crippen LogP contribution in [0.1, 0.15) is 53.4 Å². The molecule has 0 bridgehead atoms. The number of fused-ring (bicyclic) bond motifs is 2. The van der Waals surface area contributed by atoms with Crippen LogP contribution in [0.5, 0.6) is 5.75 Å². The van der Waals surface area contributed by atoms with E-state index in [1.165, 1.54) is 0 Å². The zero-order chi connectivity index (χ0) is 34.8. The lowest BCUT2D eigenvalue weighted by Crippen LogP contribution is -2.56. The van der Waals surface area contributed by atoms with Gasteiger partial charge in [0, 0.05) is 56.4 Å². The third-order valence-corrected chi connectivity index (χ3v) is 10.7. The van der Waals surface area contributed by atoms with Crippen molar-refractivity contribution < 1.29 is 29.0 Å². The standard InChI is InChI=1S/C39H50N4O6/c1-5-38-22-12-25-41(30-18-20-31(21-19-30)48-8-4)35(45)32(38)33-36(46)43(24-10-9-11-27-44)34-37(47)42(26-13-23-39(33,34)49-38)29-16-14-28(15-17-29)40(6-2)7-3/h12-23,32-34,44H,5-11,24-27H2,1-4H3/t32-,33+,34?,38+,39+/m1/s1. The Bertz CT molecular complexity index is 1570. The first-order valence-corrected chi connectivity index (χ1v) is 18.0. The lowest BCUT2D eigenvalue weighted by atomic mass is 9.73. The third-order valence-electron chi connectivity index (χ3n) is 10.7. The average molecular weight is 671 g/mol. The highest BCUT2D eigenvalue weighted by Gasteiger charge is 2.75. The number of amides is 3. The van der Waals surface area contributed by atoms with Crippen molar-refractivity contribution in [2.24, 2.45) is 11.8 Å². The van der Waals surface area contributed by atoms with Crippen LogP contribution in [0.2, 0.25) is 0 Å². The van der Waals surface area contributed by atoms with Crippen LogP contribution < -0.4 is 19.4 Å². The maximum Gasteiger partial charge on any atom is 0.253 e. The summed E-state index contributed by atoms with van der Waals surface area (Å²) in [5.74, 6) is -1.66. The summed E-state index contributed by atoms with van der Waals surface area (Å²) in [7, 11) is 0. The molecule has 2 aromatic carbocycles. The maximum atomic E-state index is 14.9. The lowest BCUT2D eigenvalue weighted by Gasteiger charge is -2.38. The van der Waals surface area contributed by atoms with Crippen LogP contribution in [0.25, 0.3) is 0 Å². The largest absolute Gasteiger partial charge is 0.494 e. The molecule has 6 rings (SSSR count). The number of hydrogen-bond donors (Lipinski definition) is 1. The molecule has 49 heavy (non-hydrogen) atoms. The van der Waals surface area contributed by atoms with Crippen LogP contribution in [0.4, 0.5) is 17.1 Å². The molecule has 1 spiro atoms. The van der Waals surface area contributed by atoms with Crippen LogP contribution in [0, 0.1) is 11.8 Å². The highest BCUT2D eigenvalue weighted by Crippen LogP contribution is 2.59. The lowest BCUT2D eigenvalue weighted by molar-refractivity contribution is -0.145. The second-order valence-corrected chi connectivity index (χ2v) is 13.3. The molecule has 0 saturated carbocycles. The van der Waals surface area contributed by atoms with E-state index in [2.05, 4.69) is 18.7 Å². The van der Waals surface area contributed by atoms with E-state index in [1.54, 1.807) is 14.7 Å². The Kier molecular flexibility index (Phi) is 10.2. The SMILES string of the molecule is CCOc1ccc(N2CC=C[C@]3(CC)O[C@]45C=CCN(c6ccc(N(CC)CC)cc6)C(=O)C4N(CCCCCO)C(=O)[C@@H]5[C@@H]3C2=O)cc1. The number of rotatable bonds is 13. The van der Waals surface area contributed by atoms with Crippen LogP contribution in [-0.4, -0.2) is 90.9 Å². The number of nitrogens with zero attached hydrogens (tertiary/aromatic N) is 4. The molecular formula is C39H50N4O6. The molecule has 3 amide bonds. The monoisotopic (exact) mass is 670 g/mol. The van der Waals surface area contributed by atoms with Crippen molar-refractivity contribution in [2.75, 3.05) is 60.6 Å². The quantitative estimate of drug-likeness (QED) is 0.238. The van der Waals surface area contributed by atoms with Gasteiger partial charge in [-0.1, -0.05) is 31.2 Å². The predicted molar refractivity (Wildman–Crippen MR) is 191 cm³/mol. The Morgan fingerprint density at radius 3 is 2.04 bits per heavy atom. The first-order chi connectivity index (χ1) is 23.8. The minimum atomic E-state index is -1.33. The van der Waals surface area contributed by atoms with Gasteiger partial charge in [-0.05, 0) is 95.0 Å². The summed E-state index contributed by atoms with van der Waals surface area (Å²) in [4.78, 5) is 51.9. The van der Waals surface area contributed by atoms with E-state index in [0.717, 1.165) is 30.2 Å². The van der Waals surface area contributed by atoms with Gasteiger partial charge in [0.1, 0.15) is 17.4 Å². The van der Waals surface area contributed by atoms with Gasteiger partial charge in [0.2, 0.25) is 11.8 Å². The zero-order valence-electron chi connectivity index (χ0n) is 29.2. The molecule has 4 aliphatic heterocycles. The number of hydrogen-bond acceptors (Lipinski definition) is 7. The normalized spacial score (nSPS) is 27.6. The van der Waals surface area contributed by atoms with E-state index in [1.807, 2.05) is 86.7 Å². The molecule has 10 nitrogen and oxygen atoms in total. The molecule has 4 aliphatic rings.